The monoisotopic (exact) mass is 449 g/mol. The zero-order valence-electron chi connectivity index (χ0n) is 17.8. The van der Waals surface area contributed by atoms with Crippen LogP contribution in [0.2, 0.25) is 0 Å². The van der Waals surface area contributed by atoms with Crippen molar-refractivity contribution >= 4 is 27.4 Å². The van der Waals surface area contributed by atoms with E-state index in [-0.39, 0.29) is 5.75 Å². The number of anilines is 2. The average molecular weight is 450 g/mol. The van der Waals surface area contributed by atoms with Crippen LogP contribution in [0.3, 0.4) is 0 Å². The highest BCUT2D eigenvalue weighted by Gasteiger charge is 2.26. The van der Waals surface area contributed by atoms with Gasteiger partial charge in [0.05, 0.1) is 17.6 Å². The molecule has 0 aliphatic carbocycles. The number of halogens is 1. The van der Waals surface area contributed by atoms with Crippen molar-refractivity contribution < 1.29 is 17.6 Å². The number of nitrogens with one attached hydrogen (secondary N) is 2. The fourth-order valence-electron chi connectivity index (χ4n) is 3.46. The summed E-state index contributed by atoms with van der Waals surface area (Å²) in [5.41, 5.74) is 2.43. The molecule has 1 aliphatic heterocycles. The SMILES string of the molecule is CCCS(=O)(=O)N1CCN(Cc2cc(F)cc(NC(=O)Nc3ccc(C)nc3)c2)CC1. The van der Waals surface area contributed by atoms with Gasteiger partial charge in [-0.05, 0) is 49.2 Å². The van der Waals surface area contributed by atoms with Gasteiger partial charge in [-0.15, -0.1) is 0 Å². The van der Waals surface area contributed by atoms with Crippen LogP contribution in [-0.4, -0.2) is 60.6 Å². The quantitative estimate of drug-likeness (QED) is 0.678. The highest BCUT2D eigenvalue weighted by molar-refractivity contribution is 7.89. The summed E-state index contributed by atoms with van der Waals surface area (Å²) >= 11 is 0. The average Bonchev–Trinajstić information content (AvgIpc) is 2.69. The molecule has 0 atom stereocenters. The third-order valence-corrected chi connectivity index (χ3v) is 7.05. The van der Waals surface area contributed by atoms with Gasteiger partial charge >= 0.3 is 6.03 Å². The summed E-state index contributed by atoms with van der Waals surface area (Å²) in [6.07, 6.45) is 2.14. The number of hydrogen-bond donors (Lipinski definition) is 2. The number of nitrogens with zero attached hydrogens (tertiary/aromatic N) is 3. The first-order valence-corrected chi connectivity index (χ1v) is 11.9. The lowest BCUT2D eigenvalue weighted by molar-refractivity contribution is 0.181. The summed E-state index contributed by atoms with van der Waals surface area (Å²) < 4.78 is 40.0. The standard InChI is InChI=1S/C21H28FN5O3S/c1-3-10-31(29,30)27-8-6-26(7-9-27)15-17-11-18(22)13-20(12-17)25-21(28)24-19-5-4-16(2)23-14-19/h4-5,11-14H,3,6-10,15H2,1-2H3,(H2,24,25,28). The summed E-state index contributed by atoms with van der Waals surface area (Å²) in [7, 11) is -3.20. The van der Waals surface area contributed by atoms with Crippen LogP contribution < -0.4 is 10.6 Å². The van der Waals surface area contributed by atoms with Crippen molar-refractivity contribution in [2.24, 2.45) is 0 Å². The molecular formula is C21H28FN5O3S. The number of carbonyl (C=O) groups excluding carboxylic acids is 1. The summed E-state index contributed by atoms with van der Waals surface area (Å²) in [4.78, 5) is 18.4. The van der Waals surface area contributed by atoms with Crippen molar-refractivity contribution in [3.63, 3.8) is 0 Å². The Bertz CT molecular complexity index is 1010. The number of aromatic nitrogens is 1. The molecular weight excluding hydrogens is 421 g/mol. The Morgan fingerprint density at radius 1 is 1.10 bits per heavy atom. The summed E-state index contributed by atoms with van der Waals surface area (Å²) in [6, 6.07) is 7.43. The van der Waals surface area contributed by atoms with Gasteiger partial charge in [-0.25, -0.2) is 17.6 Å². The second-order valence-corrected chi connectivity index (χ2v) is 9.70. The molecule has 1 fully saturated rings. The largest absolute Gasteiger partial charge is 0.323 e. The molecule has 0 bridgehead atoms. The number of pyridine rings is 1. The van der Waals surface area contributed by atoms with Gasteiger partial charge in [-0.3, -0.25) is 9.88 Å². The number of aryl methyl sites for hydroxylation is 1. The number of benzene rings is 1. The summed E-state index contributed by atoms with van der Waals surface area (Å²) in [6.45, 7) is 6.17. The van der Waals surface area contributed by atoms with Gasteiger partial charge in [0, 0.05) is 44.1 Å². The third kappa shape index (κ3) is 6.71. The molecule has 168 valence electrons. The number of piperazine rings is 1. The number of hydrogen-bond acceptors (Lipinski definition) is 5. The van der Waals surface area contributed by atoms with Crippen LogP contribution in [0.15, 0.2) is 36.5 Å². The van der Waals surface area contributed by atoms with Gasteiger partial charge in [-0.2, -0.15) is 4.31 Å². The molecule has 1 aromatic carbocycles. The fourth-order valence-corrected chi connectivity index (χ4v) is 4.95. The molecule has 2 heterocycles. The van der Waals surface area contributed by atoms with Crippen molar-refractivity contribution in [3.05, 3.63) is 53.6 Å². The maximum absolute atomic E-state index is 14.1. The summed E-state index contributed by atoms with van der Waals surface area (Å²) in [5, 5.41) is 5.30. The Kier molecular flexibility index (Phi) is 7.58. The van der Waals surface area contributed by atoms with Crippen molar-refractivity contribution in [2.45, 2.75) is 26.8 Å². The van der Waals surface area contributed by atoms with Gasteiger partial charge in [0.15, 0.2) is 0 Å². The molecule has 0 spiro atoms. The first-order chi connectivity index (χ1) is 14.7. The highest BCUT2D eigenvalue weighted by atomic mass is 32.2. The number of amides is 2. The van der Waals surface area contributed by atoms with E-state index >= 15 is 0 Å². The van der Waals surface area contributed by atoms with E-state index in [0.29, 0.717) is 56.1 Å². The molecule has 1 aliphatic rings. The molecule has 1 aromatic heterocycles. The molecule has 8 nitrogen and oxygen atoms in total. The minimum Gasteiger partial charge on any atom is -0.308 e. The Hall–Kier alpha value is -2.56. The predicted octanol–water partition coefficient (Wildman–Crippen LogP) is 3.03. The van der Waals surface area contributed by atoms with E-state index in [1.165, 1.54) is 16.4 Å². The first-order valence-electron chi connectivity index (χ1n) is 10.3. The van der Waals surface area contributed by atoms with Crippen LogP contribution in [0.4, 0.5) is 20.6 Å². The zero-order valence-corrected chi connectivity index (χ0v) is 18.6. The lowest BCUT2D eigenvalue weighted by Crippen LogP contribution is -2.48. The van der Waals surface area contributed by atoms with Crippen LogP contribution >= 0.6 is 0 Å². The second kappa shape index (κ2) is 10.2. The summed E-state index contributed by atoms with van der Waals surface area (Å²) in [5.74, 6) is -0.291. The van der Waals surface area contributed by atoms with Crippen LogP contribution in [0.1, 0.15) is 24.6 Å². The van der Waals surface area contributed by atoms with Crippen LogP contribution in [0.25, 0.3) is 0 Å². The van der Waals surface area contributed by atoms with Gasteiger partial charge in [0.25, 0.3) is 0 Å². The van der Waals surface area contributed by atoms with Crippen molar-refractivity contribution in [2.75, 3.05) is 42.6 Å². The zero-order chi connectivity index (χ0) is 22.4. The smallest absolute Gasteiger partial charge is 0.308 e. The number of carbonyl (C=O) groups is 1. The Labute approximate surface area is 182 Å². The lowest BCUT2D eigenvalue weighted by Gasteiger charge is -2.34. The molecule has 0 radical (unpaired) electrons. The highest BCUT2D eigenvalue weighted by Crippen LogP contribution is 2.18. The first kappa shape index (κ1) is 23.1. The van der Waals surface area contributed by atoms with E-state index in [9.17, 15) is 17.6 Å². The maximum atomic E-state index is 14.1. The maximum Gasteiger partial charge on any atom is 0.323 e. The molecule has 2 amide bonds. The Morgan fingerprint density at radius 3 is 2.45 bits per heavy atom. The topological polar surface area (TPSA) is 94.6 Å². The Morgan fingerprint density at radius 2 is 1.81 bits per heavy atom. The van der Waals surface area contributed by atoms with Crippen LogP contribution in [0.5, 0.6) is 0 Å². The van der Waals surface area contributed by atoms with E-state index < -0.39 is 21.9 Å². The third-order valence-electron chi connectivity index (χ3n) is 4.98. The van der Waals surface area contributed by atoms with E-state index in [1.54, 1.807) is 24.4 Å². The molecule has 0 saturated carbocycles. The van der Waals surface area contributed by atoms with Crippen molar-refractivity contribution in [3.8, 4) is 0 Å². The molecule has 2 N–H and O–H groups in total. The van der Waals surface area contributed by atoms with Crippen LogP contribution in [0, 0.1) is 12.7 Å². The Balaban J connectivity index is 1.57. The van der Waals surface area contributed by atoms with Gasteiger partial charge in [-0.1, -0.05) is 6.92 Å². The predicted molar refractivity (Wildman–Crippen MR) is 119 cm³/mol. The van der Waals surface area contributed by atoms with Crippen molar-refractivity contribution in [1.29, 1.82) is 0 Å². The minimum atomic E-state index is -3.20. The number of sulfonamides is 1. The molecule has 1 saturated heterocycles. The molecule has 10 heteroatoms. The molecule has 0 unspecified atom stereocenters. The number of rotatable bonds is 7. The normalized spacial score (nSPS) is 15.6. The van der Waals surface area contributed by atoms with Crippen molar-refractivity contribution in [1.82, 2.24) is 14.2 Å². The fraction of sp³-hybridized carbons (Fsp3) is 0.429. The van der Waals surface area contributed by atoms with Crippen LogP contribution in [-0.2, 0) is 16.6 Å². The van der Waals surface area contributed by atoms with E-state index in [0.717, 1.165) is 5.69 Å². The van der Waals surface area contributed by atoms with Gasteiger partial charge in [0.2, 0.25) is 10.0 Å². The van der Waals surface area contributed by atoms with E-state index in [4.69, 9.17) is 0 Å². The molecule has 2 aromatic rings. The molecule has 31 heavy (non-hydrogen) atoms. The lowest BCUT2D eigenvalue weighted by atomic mass is 10.1. The second-order valence-electron chi connectivity index (χ2n) is 7.61. The van der Waals surface area contributed by atoms with Gasteiger partial charge < -0.3 is 10.6 Å². The molecule has 3 rings (SSSR count). The number of urea groups is 1. The van der Waals surface area contributed by atoms with E-state index in [1.807, 2.05) is 13.8 Å². The minimum absolute atomic E-state index is 0.159. The van der Waals surface area contributed by atoms with E-state index in [2.05, 4.69) is 20.5 Å². The van der Waals surface area contributed by atoms with Gasteiger partial charge in [0.1, 0.15) is 5.82 Å².